The summed E-state index contributed by atoms with van der Waals surface area (Å²) < 4.78 is 5.67. The van der Waals surface area contributed by atoms with Gasteiger partial charge in [0.25, 0.3) is 0 Å². The van der Waals surface area contributed by atoms with Gasteiger partial charge < -0.3 is 4.65 Å². The molecule has 1 aliphatic heterocycles. The highest BCUT2D eigenvalue weighted by Crippen LogP contribution is 2.28. The van der Waals surface area contributed by atoms with Crippen molar-refractivity contribution in [3.8, 4) is 6.07 Å². The van der Waals surface area contributed by atoms with Gasteiger partial charge in [0.2, 0.25) is 0 Å². The van der Waals surface area contributed by atoms with Crippen molar-refractivity contribution in [2.75, 3.05) is 0 Å². The third-order valence-corrected chi connectivity index (χ3v) is 2.93. The highest BCUT2D eigenvalue weighted by molar-refractivity contribution is 6.49. The maximum Gasteiger partial charge on any atom is 0.331 e. The molecule has 3 rings (SSSR count). The normalized spacial score (nSPS) is 17.0. The molecule has 2 aromatic rings. The molecule has 0 N–H and O–H groups in total. The first-order valence-corrected chi connectivity index (χ1v) is 5.46. The fourth-order valence-corrected chi connectivity index (χ4v) is 2.10. The van der Waals surface area contributed by atoms with Gasteiger partial charge in [-0.2, -0.15) is 5.26 Å². The van der Waals surface area contributed by atoms with Crippen LogP contribution in [0.4, 0.5) is 0 Å². The van der Waals surface area contributed by atoms with Gasteiger partial charge in [0.05, 0.1) is 17.7 Å². The largest absolute Gasteiger partial charge is 0.424 e. The molecule has 0 aromatic heterocycles. The lowest BCUT2D eigenvalue weighted by Gasteiger charge is -2.12. The molecule has 1 heterocycles. The third kappa shape index (κ3) is 1.73. The maximum absolute atomic E-state index is 8.90. The van der Waals surface area contributed by atoms with Crippen molar-refractivity contribution >= 4 is 12.9 Å². The van der Waals surface area contributed by atoms with Crippen LogP contribution in [0.15, 0.2) is 48.5 Å². The molecule has 0 fully saturated rings. The summed E-state index contributed by atoms with van der Waals surface area (Å²) in [7, 11) is 1.78. The molecular formula is C14H9BNO. The Bertz CT molecular complexity index is 603. The van der Waals surface area contributed by atoms with Crippen LogP contribution in [0.3, 0.4) is 0 Å². The van der Waals surface area contributed by atoms with Crippen LogP contribution in [0, 0.1) is 11.3 Å². The van der Waals surface area contributed by atoms with Crippen molar-refractivity contribution in [2.45, 2.75) is 6.10 Å². The lowest BCUT2D eigenvalue weighted by atomic mass is 9.86. The number of nitriles is 1. The van der Waals surface area contributed by atoms with E-state index in [2.05, 4.69) is 12.1 Å². The number of nitrogens with zero attached hydrogens (tertiary/aromatic N) is 1. The van der Waals surface area contributed by atoms with E-state index < -0.39 is 0 Å². The van der Waals surface area contributed by atoms with Crippen LogP contribution in [0.1, 0.15) is 22.8 Å². The van der Waals surface area contributed by atoms with Crippen LogP contribution in [0.2, 0.25) is 0 Å². The summed E-state index contributed by atoms with van der Waals surface area (Å²) >= 11 is 0. The van der Waals surface area contributed by atoms with Gasteiger partial charge in [0, 0.05) is 0 Å². The predicted molar refractivity (Wildman–Crippen MR) is 65.9 cm³/mol. The molecule has 0 bridgehead atoms. The number of hydrogen-bond acceptors (Lipinski definition) is 2. The Hall–Kier alpha value is -2.05. The van der Waals surface area contributed by atoms with E-state index in [9.17, 15) is 0 Å². The average Bonchev–Trinajstić information content (AvgIpc) is 2.82. The van der Waals surface area contributed by atoms with Crippen LogP contribution >= 0.6 is 0 Å². The predicted octanol–water partition coefficient (Wildman–Crippen LogP) is 1.92. The molecule has 17 heavy (non-hydrogen) atoms. The average molecular weight is 218 g/mol. The van der Waals surface area contributed by atoms with Gasteiger partial charge in [-0.1, -0.05) is 36.4 Å². The quantitative estimate of drug-likeness (QED) is 0.685. The van der Waals surface area contributed by atoms with Gasteiger partial charge in [-0.3, -0.25) is 0 Å². The van der Waals surface area contributed by atoms with Crippen LogP contribution in [0.25, 0.3) is 0 Å². The Labute approximate surface area is 101 Å². The Balaban J connectivity index is 2.04. The zero-order valence-electron chi connectivity index (χ0n) is 9.13. The van der Waals surface area contributed by atoms with Crippen LogP contribution in [-0.4, -0.2) is 7.48 Å². The smallest absolute Gasteiger partial charge is 0.331 e. The second kappa shape index (κ2) is 4.08. The summed E-state index contributed by atoms with van der Waals surface area (Å²) in [5.74, 6) is 0. The molecule has 1 aliphatic rings. The molecule has 1 atom stereocenters. The number of hydrogen-bond donors (Lipinski definition) is 0. The van der Waals surface area contributed by atoms with Gasteiger partial charge in [0.1, 0.15) is 0 Å². The van der Waals surface area contributed by atoms with Crippen molar-refractivity contribution in [2.24, 2.45) is 0 Å². The van der Waals surface area contributed by atoms with E-state index in [4.69, 9.17) is 9.92 Å². The first-order chi connectivity index (χ1) is 8.38. The van der Waals surface area contributed by atoms with E-state index >= 15 is 0 Å². The zero-order chi connectivity index (χ0) is 11.7. The molecule has 79 valence electrons. The van der Waals surface area contributed by atoms with Crippen molar-refractivity contribution in [3.05, 3.63) is 65.2 Å². The second-order valence-corrected chi connectivity index (χ2v) is 4.00. The maximum atomic E-state index is 8.90. The van der Waals surface area contributed by atoms with Crippen LogP contribution < -0.4 is 5.46 Å². The highest BCUT2D eigenvalue weighted by atomic mass is 16.4. The van der Waals surface area contributed by atoms with Crippen LogP contribution in [-0.2, 0) is 4.65 Å². The van der Waals surface area contributed by atoms with E-state index in [1.807, 2.05) is 36.4 Å². The Morgan fingerprint density at radius 3 is 2.88 bits per heavy atom. The Kier molecular flexibility index (Phi) is 2.43. The molecule has 0 amide bonds. The van der Waals surface area contributed by atoms with Gasteiger partial charge in [-0.05, 0) is 28.7 Å². The van der Waals surface area contributed by atoms with E-state index in [-0.39, 0.29) is 6.10 Å². The van der Waals surface area contributed by atoms with E-state index in [1.54, 1.807) is 13.5 Å². The number of benzene rings is 2. The van der Waals surface area contributed by atoms with Gasteiger partial charge in [-0.15, -0.1) is 0 Å². The van der Waals surface area contributed by atoms with Crippen LogP contribution in [0.5, 0.6) is 0 Å². The molecule has 2 nitrogen and oxygen atoms in total. The summed E-state index contributed by atoms with van der Waals surface area (Å²) in [4.78, 5) is 0. The van der Waals surface area contributed by atoms with Crippen molar-refractivity contribution in [3.63, 3.8) is 0 Å². The zero-order valence-corrected chi connectivity index (χ0v) is 9.13. The SMILES string of the molecule is N#Cc1cccc(C2O[B]c3ccccc32)c1. The van der Waals surface area contributed by atoms with E-state index in [1.165, 1.54) is 0 Å². The van der Waals surface area contributed by atoms with Crippen molar-refractivity contribution in [1.82, 2.24) is 0 Å². The van der Waals surface area contributed by atoms with Gasteiger partial charge >= 0.3 is 7.48 Å². The van der Waals surface area contributed by atoms with Gasteiger partial charge in [-0.25, -0.2) is 0 Å². The standard InChI is InChI=1S/C14H9BNO/c16-9-10-4-3-5-11(8-10)14-12-6-1-2-7-13(12)15-17-14/h1-8,14H. The molecule has 0 spiro atoms. The molecule has 0 aliphatic carbocycles. The minimum absolute atomic E-state index is 0.0838. The number of fused-ring (bicyclic) bond motifs is 1. The summed E-state index contributed by atoms with van der Waals surface area (Å²) in [6, 6.07) is 17.8. The molecule has 1 unspecified atom stereocenters. The summed E-state index contributed by atoms with van der Waals surface area (Å²) in [5.41, 5.74) is 3.95. The summed E-state index contributed by atoms with van der Waals surface area (Å²) in [6.45, 7) is 0. The van der Waals surface area contributed by atoms with E-state index in [0.29, 0.717) is 5.56 Å². The minimum Gasteiger partial charge on any atom is -0.424 e. The van der Waals surface area contributed by atoms with E-state index in [0.717, 1.165) is 16.6 Å². The highest BCUT2D eigenvalue weighted by Gasteiger charge is 2.25. The lowest BCUT2D eigenvalue weighted by Crippen LogP contribution is -2.09. The lowest BCUT2D eigenvalue weighted by molar-refractivity contribution is 0.280. The number of rotatable bonds is 1. The first kappa shape index (κ1) is 10.1. The molecular weight excluding hydrogens is 209 g/mol. The van der Waals surface area contributed by atoms with Gasteiger partial charge in [0.15, 0.2) is 0 Å². The summed E-state index contributed by atoms with van der Waals surface area (Å²) in [5, 5.41) is 8.90. The topological polar surface area (TPSA) is 33.0 Å². The molecule has 0 saturated carbocycles. The first-order valence-electron chi connectivity index (χ1n) is 5.46. The molecule has 2 aromatic carbocycles. The van der Waals surface area contributed by atoms with Crippen molar-refractivity contribution < 1.29 is 4.65 Å². The minimum atomic E-state index is -0.0838. The fraction of sp³-hybridized carbons (Fsp3) is 0.0714. The molecule has 0 saturated heterocycles. The Morgan fingerprint density at radius 2 is 2.00 bits per heavy atom. The summed E-state index contributed by atoms with van der Waals surface area (Å²) in [6.07, 6.45) is -0.0838. The molecule has 1 radical (unpaired) electrons. The molecule has 3 heteroatoms. The Morgan fingerprint density at radius 1 is 1.12 bits per heavy atom. The monoisotopic (exact) mass is 218 g/mol. The third-order valence-electron chi connectivity index (χ3n) is 2.93. The van der Waals surface area contributed by atoms with Crippen molar-refractivity contribution in [1.29, 1.82) is 5.26 Å². The second-order valence-electron chi connectivity index (χ2n) is 4.00. The fourth-order valence-electron chi connectivity index (χ4n) is 2.10.